The number of nitrogens with zero attached hydrogens (tertiary/aromatic N) is 4. The summed E-state index contributed by atoms with van der Waals surface area (Å²) < 4.78 is 5.78. The number of benzene rings is 1. The maximum absolute atomic E-state index is 12.8. The van der Waals surface area contributed by atoms with Crippen molar-refractivity contribution < 1.29 is 14.3 Å². The van der Waals surface area contributed by atoms with Crippen molar-refractivity contribution >= 4 is 12.0 Å². The summed E-state index contributed by atoms with van der Waals surface area (Å²) in [6.45, 7) is 3.77. The molecule has 0 unspecified atom stereocenters. The van der Waals surface area contributed by atoms with Crippen LogP contribution in [-0.2, 0) is 4.74 Å². The van der Waals surface area contributed by atoms with E-state index in [4.69, 9.17) is 4.74 Å². The molecule has 2 aromatic heterocycles. The van der Waals surface area contributed by atoms with Crippen LogP contribution in [0, 0.1) is 12.4 Å². The highest BCUT2D eigenvalue weighted by molar-refractivity contribution is 5.89. The summed E-state index contributed by atoms with van der Waals surface area (Å²) in [6, 6.07) is 8.02. The van der Waals surface area contributed by atoms with Gasteiger partial charge >= 0.3 is 12.0 Å². The molecule has 2 radical (unpaired) electrons. The van der Waals surface area contributed by atoms with Gasteiger partial charge in [0.15, 0.2) is 11.6 Å². The first-order valence-corrected chi connectivity index (χ1v) is 8.78. The Bertz CT molecular complexity index is 1060. The second-order valence-corrected chi connectivity index (χ2v) is 5.91. The van der Waals surface area contributed by atoms with Crippen LogP contribution in [0.25, 0.3) is 11.6 Å². The van der Waals surface area contributed by atoms with E-state index in [1.165, 1.54) is 12.3 Å². The Hall–Kier alpha value is -3.88. The van der Waals surface area contributed by atoms with Gasteiger partial charge < -0.3 is 10.1 Å². The molecule has 1 amide bonds. The number of hydrogen-bond donors (Lipinski definition) is 1. The van der Waals surface area contributed by atoms with E-state index in [1.807, 2.05) is 0 Å². The lowest BCUT2D eigenvalue weighted by Crippen LogP contribution is -2.38. The molecule has 9 heteroatoms. The summed E-state index contributed by atoms with van der Waals surface area (Å²) in [7, 11) is 0. The van der Waals surface area contributed by atoms with Crippen molar-refractivity contribution in [3.63, 3.8) is 0 Å². The number of carbonyl (C=O) groups excluding carboxylic acids is 2. The van der Waals surface area contributed by atoms with E-state index in [9.17, 15) is 14.4 Å². The van der Waals surface area contributed by atoms with Gasteiger partial charge in [-0.1, -0.05) is 12.1 Å². The molecule has 0 fully saturated rings. The Morgan fingerprint density at radius 3 is 2.62 bits per heavy atom. The largest absolute Gasteiger partial charge is 0.462 e. The third kappa shape index (κ3) is 4.52. The minimum Gasteiger partial charge on any atom is -0.462 e. The van der Waals surface area contributed by atoms with Crippen molar-refractivity contribution in [2.75, 3.05) is 6.61 Å². The first-order valence-electron chi connectivity index (χ1n) is 8.78. The molecule has 0 saturated heterocycles. The number of esters is 1. The van der Waals surface area contributed by atoms with E-state index in [1.54, 1.807) is 38.1 Å². The van der Waals surface area contributed by atoms with Gasteiger partial charge in [0, 0.05) is 12.3 Å². The molecule has 146 valence electrons. The molecule has 3 rings (SSSR count). The third-order valence-corrected chi connectivity index (χ3v) is 3.97. The van der Waals surface area contributed by atoms with Crippen LogP contribution in [-0.4, -0.2) is 38.1 Å². The van der Waals surface area contributed by atoms with E-state index in [0.717, 1.165) is 16.2 Å². The normalized spacial score (nSPS) is 11.5. The molecule has 0 saturated carbocycles. The van der Waals surface area contributed by atoms with Crippen LogP contribution < -0.4 is 10.9 Å². The minimum absolute atomic E-state index is 0.0447. The van der Waals surface area contributed by atoms with E-state index >= 15 is 0 Å². The molecule has 1 N–H and O–H groups in total. The quantitative estimate of drug-likeness (QED) is 0.659. The number of rotatable bonds is 5. The second kappa shape index (κ2) is 8.87. The zero-order valence-corrected chi connectivity index (χ0v) is 15.7. The maximum Gasteiger partial charge on any atom is 0.338 e. The topological polar surface area (TPSA) is 116 Å². The summed E-state index contributed by atoms with van der Waals surface area (Å²) >= 11 is 0. The Labute approximate surface area is 166 Å². The Morgan fingerprint density at radius 2 is 1.97 bits per heavy atom. The molecule has 1 aromatic carbocycles. The van der Waals surface area contributed by atoms with E-state index in [-0.39, 0.29) is 18.3 Å². The van der Waals surface area contributed by atoms with Gasteiger partial charge in [0.1, 0.15) is 0 Å². The summed E-state index contributed by atoms with van der Waals surface area (Å²) in [6.07, 6.45) is 6.45. The van der Waals surface area contributed by atoms with Gasteiger partial charge in [-0.15, -0.1) is 0 Å². The van der Waals surface area contributed by atoms with Crippen LogP contribution in [0.4, 0.5) is 4.79 Å². The number of hydrogen-bond acceptors (Lipinski definition) is 7. The van der Waals surface area contributed by atoms with Gasteiger partial charge in [-0.3, -0.25) is 4.79 Å². The third-order valence-electron chi connectivity index (χ3n) is 3.97. The van der Waals surface area contributed by atoms with Crippen molar-refractivity contribution in [2.45, 2.75) is 19.9 Å². The predicted molar refractivity (Wildman–Crippen MR) is 102 cm³/mol. The first-order chi connectivity index (χ1) is 14.0. The van der Waals surface area contributed by atoms with Gasteiger partial charge in [-0.2, -0.15) is 0 Å². The lowest BCUT2D eigenvalue weighted by Gasteiger charge is -2.16. The molecule has 0 aliphatic heterocycles. The van der Waals surface area contributed by atoms with Crippen LogP contribution in [0.5, 0.6) is 0 Å². The van der Waals surface area contributed by atoms with Gasteiger partial charge in [-0.25, -0.2) is 29.1 Å². The van der Waals surface area contributed by atoms with Gasteiger partial charge in [0.05, 0.1) is 30.6 Å². The van der Waals surface area contributed by atoms with E-state index < -0.39 is 23.6 Å². The van der Waals surface area contributed by atoms with Crippen LogP contribution in [0.1, 0.15) is 35.8 Å². The summed E-state index contributed by atoms with van der Waals surface area (Å²) in [5.74, 6) is -0.391. The molecule has 0 spiro atoms. The monoisotopic (exact) mass is 391 g/mol. The van der Waals surface area contributed by atoms with Crippen molar-refractivity contribution in [1.29, 1.82) is 0 Å². The molecule has 9 nitrogen and oxygen atoms in total. The fourth-order valence-corrected chi connectivity index (χ4v) is 2.55. The molecule has 3 aromatic rings. The fraction of sp³-hybridized carbons (Fsp3) is 0.200. The molecular weight excluding hydrogens is 374 g/mol. The number of ether oxygens (including phenoxy) is 1. The average Bonchev–Trinajstić information content (AvgIpc) is 2.74. The molecular formula is C20H17N5O4. The lowest BCUT2D eigenvalue weighted by atomic mass is 10.1. The second-order valence-electron chi connectivity index (χ2n) is 5.91. The Morgan fingerprint density at radius 1 is 1.21 bits per heavy atom. The summed E-state index contributed by atoms with van der Waals surface area (Å²) in [4.78, 5) is 48.6. The molecule has 2 heterocycles. The maximum atomic E-state index is 12.8. The molecule has 1 atom stereocenters. The van der Waals surface area contributed by atoms with Crippen LogP contribution >= 0.6 is 0 Å². The van der Waals surface area contributed by atoms with Crippen LogP contribution in [0.2, 0.25) is 0 Å². The summed E-state index contributed by atoms with van der Waals surface area (Å²) in [5.41, 5.74) is 0.526. The minimum atomic E-state index is -0.694. The SMILES string of the molecule is CCOC(=O)c1ccc([C@H](C)NC(=O)n2c(-c3n[c]ccn3)n[c]cc2=O)cc1. The highest BCUT2D eigenvalue weighted by atomic mass is 16.5. The Kier molecular flexibility index (Phi) is 6.08. The standard InChI is InChI=1S/C20H17N5O4/c1-3-29-19(27)15-7-5-14(6-8-15)13(2)24-20(28)25-16(26)9-12-23-18(25)17-21-10-4-11-22-17/h4-10,13H,3H2,1-2H3,(H,24,28)/t13-/m0/s1. The van der Waals surface area contributed by atoms with Crippen molar-refractivity contribution in [1.82, 2.24) is 24.8 Å². The predicted octanol–water partition coefficient (Wildman–Crippen LogP) is 1.80. The van der Waals surface area contributed by atoms with E-state index in [0.29, 0.717) is 5.56 Å². The Balaban J connectivity index is 1.82. The summed E-state index contributed by atoms with van der Waals surface area (Å²) in [5, 5.41) is 2.73. The number of nitrogens with one attached hydrogen (secondary N) is 1. The number of amides is 1. The molecule has 0 aliphatic rings. The molecule has 29 heavy (non-hydrogen) atoms. The highest BCUT2D eigenvalue weighted by Crippen LogP contribution is 2.15. The van der Waals surface area contributed by atoms with Gasteiger partial charge in [0.25, 0.3) is 5.56 Å². The smallest absolute Gasteiger partial charge is 0.338 e. The molecule has 0 bridgehead atoms. The first kappa shape index (κ1) is 19.9. The van der Waals surface area contributed by atoms with Crippen molar-refractivity contribution in [3.8, 4) is 11.6 Å². The zero-order chi connectivity index (χ0) is 20.8. The highest BCUT2D eigenvalue weighted by Gasteiger charge is 2.19. The lowest BCUT2D eigenvalue weighted by molar-refractivity contribution is 0.0526. The van der Waals surface area contributed by atoms with Gasteiger partial charge in [-0.05, 0) is 37.6 Å². The molecule has 0 aliphatic carbocycles. The van der Waals surface area contributed by atoms with Crippen molar-refractivity contribution in [3.05, 3.63) is 76.5 Å². The van der Waals surface area contributed by atoms with E-state index in [2.05, 4.69) is 32.7 Å². The van der Waals surface area contributed by atoms with Crippen molar-refractivity contribution in [2.24, 2.45) is 0 Å². The van der Waals surface area contributed by atoms with Gasteiger partial charge in [0.2, 0.25) is 0 Å². The zero-order valence-electron chi connectivity index (χ0n) is 15.7. The number of aromatic nitrogens is 4. The number of carbonyl (C=O) groups is 2. The average molecular weight is 391 g/mol. The van der Waals surface area contributed by atoms with Crippen LogP contribution in [0.3, 0.4) is 0 Å². The van der Waals surface area contributed by atoms with Crippen LogP contribution in [0.15, 0.2) is 47.4 Å². The fourth-order valence-electron chi connectivity index (χ4n) is 2.55.